The molecule has 4 rings (SSSR count). The molecule has 1 aromatic carbocycles. The first-order valence-electron chi connectivity index (χ1n) is 10.1. The lowest BCUT2D eigenvalue weighted by atomic mass is 9.96. The molecule has 2 aliphatic rings. The highest BCUT2D eigenvalue weighted by Gasteiger charge is 2.33. The van der Waals surface area contributed by atoms with Crippen LogP contribution in [0.3, 0.4) is 0 Å². The van der Waals surface area contributed by atoms with Crippen LogP contribution in [0.25, 0.3) is 0 Å². The number of aromatic nitrogens is 2. The number of hydrogen-bond donors (Lipinski definition) is 1. The summed E-state index contributed by atoms with van der Waals surface area (Å²) in [7, 11) is 0. The molecule has 1 amide bonds. The summed E-state index contributed by atoms with van der Waals surface area (Å²) in [5, 5.41) is 11.6. The smallest absolute Gasteiger partial charge is 0.405 e. The topological polar surface area (TPSA) is 67.4 Å². The number of alkyl halides is 3. The number of anilines is 1. The summed E-state index contributed by atoms with van der Waals surface area (Å²) in [6.45, 7) is 1.39. The van der Waals surface area contributed by atoms with E-state index in [1.54, 1.807) is 0 Å². The minimum absolute atomic E-state index is 0.127. The number of nitrogens with zero attached hydrogens (tertiary/aromatic N) is 3. The van der Waals surface area contributed by atoms with Gasteiger partial charge in [-0.2, -0.15) is 5.10 Å². The number of para-hydroxylation sites is 1. The van der Waals surface area contributed by atoms with Gasteiger partial charge in [-0.15, -0.1) is 18.3 Å². The zero-order valence-electron chi connectivity index (χ0n) is 16.4. The Morgan fingerprint density at radius 2 is 1.83 bits per heavy atom. The minimum Gasteiger partial charge on any atom is -0.405 e. The van der Waals surface area contributed by atoms with Crippen molar-refractivity contribution in [2.75, 3.05) is 18.0 Å². The zero-order chi connectivity index (χ0) is 21.1. The Morgan fingerprint density at radius 1 is 1.10 bits per heavy atom. The van der Waals surface area contributed by atoms with Gasteiger partial charge < -0.3 is 15.0 Å². The van der Waals surface area contributed by atoms with Crippen molar-refractivity contribution >= 4 is 11.7 Å². The van der Waals surface area contributed by atoms with Crippen LogP contribution in [-0.4, -0.2) is 41.6 Å². The molecule has 1 aromatic heterocycles. The summed E-state index contributed by atoms with van der Waals surface area (Å²) in [6.07, 6.45) is 0.840. The van der Waals surface area contributed by atoms with E-state index in [4.69, 9.17) is 0 Å². The van der Waals surface area contributed by atoms with Gasteiger partial charge in [-0.3, -0.25) is 4.79 Å². The molecule has 0 saturated carbocycles. The number of amides is 1. The highest BCUT2D eigenvalue weighted by Crippen LogP contribution is 2.27. The first-order chi connectivity index (χ1) is 14.4. The van der Waals surface area contributed by atoms with E-state index in [1.807, 2.05) is 0 Å². The summed E-state index contributed by atoms with van der Waals surface area (Å²) >= 11 is 0. The Labute approximate surface area is 172 Å². The monoisotopic (exact) mass is 420 g/mol. The fourth-order valence-electron chi connectivity index (χ4n) is 4.02. The highest BCUT2D eigenvalue weighted by atomic mass is 19.4. The Bertz CT molecular complexity index is 911. The first-order valence-corrected chi connectivity index (χ1v) is 10.1. The molecule has 0 spiro atoms. The Hall–Kier alpha value is -2.84. The lowest BCUT2D eigenvalue weighted by Crippen LogP contribution is -2.45. The quantitative estimate of drug-likeness (QED) is 0.818. The molecule has 30 heavy (non-hydrogen) atoms. The Morgan fingerprint density at radius 3 is 2.60 bits per heavy atom. The summed E-state index contributed by atoms with van der Waals surface area (Å²) in [5.41, 5.74) is 2.23. The van der Waals surface area contributed by atoms with Crippen molar-refractivity contribution in [2.24, 2.45) is 0 Å². The molecule has 2 heterocycles. The number of hydrogen-bond acceptors (Lipinski definition) is 5. The van der Waals surface area contributed by atoms with Crippen molar-refractivity contribution in [3.63, 3.8) is 0 Å². The standard InChI is InChI=1S/C21H23F3N4O2/c22-21(23,24)30-18-8-4-2-6-16(18)20(29)25-15-9-11-28(12-10-15)19-13-14-5-1-3-7-17(14)26-27-19/h2,4,6,8,13,15H,1,3,5,7,9-12H2,(H,25,29). The molecule has 1 N–H and O–H groups in total. The number of benzene rings is 1. The van der Waals surface area contributed by atoms with E-state index in [0.717, 1.165) is 36.8 Å². The largest absolute Gasteiger partial charge is 0.573 e. The summed E-state index contributed by atoms with van der Waals surface area (Å²) in [6, 6.07) is 7.36. The van der Waals surface area contributed by atoms with Crippen LogP contribution in [0.1, 0.15) is 47.3 Å². The molecule has 160 valence electrons. The third kappa shape index (κ3) is 4.83. The van der Waals surface area contributed by atoms with Crippen molar-refractivity contribution in [3.8, 4) is 5.75 Å². The van der Waals surface area contributed by atoms with Crippen LogP contribution in [0.5, 0.6) is 5.75 Å². The van der Waals surface area contributed by atoms with Crippen LogP contribution in [-0.2, 0) is 12.8 Å². The fourth-order valence-corrected chi connectivity index (χ4v) is 4.02. The lowest BCUT2D eigenvalue weighted by Gasteiger charge is -2.33. The van der Waals surface area contributed by atoms with Crippen molar-refractivity contribution in [1.82, 2.24) is 15.5 Å². The van der Waals surface area contributed by atoms with Crippen molar-refractivity contribution in [3.05, 3.63) is 47.2 Å². The van der Waals surface area contributed by atoms with E-state index in [0.29, 0.717) is 25.9 Å². The van der Waals surface area contributed by atoms with Gasteiger partial charge >= 0.3 is 6.36 Å². The molecule has 1 saturated heterocycles. The van der Waals surface area contributed by atoms with E-state index in [9.17, 15) is 18.0 Å². The minimum atomic E-state index is -4.85. The molecule has 1 aliphatic carbocycles. The van der Waals surface area contributed by atoms with Gasteiger partial charge in [0.05, 0.1) is 11.3 Å². The van der Waals surface area contributed by atoms with Crippen LogP contribution in [0.4, 0.5) is 19.0 Å². The van der Waals surface area contributed by atoms with Crippen LogP contribution in [0.2, 0.25) is 0 Å². The van der Waals surface area contributed by atoms with Crippen molar-refractivity contribution in [1.29, 1.82) is 0 Å². The predicted octanol–water partition coefficient (Wildman–Crippen LogP) is 3.65. The Balaban J connectivity index is 1.36. The van der Waals surface area contributed by atoms with Gasteiger partial charge in [0.25, 0.3) is 5.91 Å². The number of ether oxygens (including phenoxy) is 1. The molecule has 9 heteroatoms. The highest BCUT2D eigenvalue weighted by molar-refractivity contribution is 5.97. The van der Waals surface area contributed by atoms with E-state index in [-0.39, 0.29) is 11.6 Å². The summed E-state index contributed by atoms with van der Waals surface area (Å²) < 4.78 is 41.7. The van der Waals surface area contributed by atoms with Gasteiger partial charge in [0, 0.05) is 19.1 Å². The molecular formula is C21H23F3N4O2. The third-order valence-electron chi connectivity index (χ3n) is 5.57. The second-order valence-corrected chi connectivity index (χ2v) is 7.66. The molecule has 0 bridgehead atoms. The zero-order valence-corrected chi connectivity index (χ0v) is 16.4. The molecule has 1 aliphatic heterocycles. The number of nitrogens with one attached hydrogen (secondary N) is 1. The van der Waals surface area contributed by atoms with Crippen LogP contribution < -0.4 is 15.0 Å². The molecule has 0 unspecified atom stereocenters. The second kappa shape index (κ2) is 8.49. The number of carbonyl (C=O) groups excluding carboxylic acids is 1. The van der Waals surface area contributed by atoms with E-state index < -0.39 is 18.0 Å². The number of halogens is 3. The third-order valence-corrected chi connectivity index (χ3v) is 5.57. The number of fused-ring (bicyclic) bond motifs is 1. The molecule has 0 radical (unpaired) electrons. The number of piperidine rings is 1. The van der Waals surface area contributed by atoms with Crippen molar-refractivity contribution in [2.45, 2.75) is 50.9 Å². The normalized spacial score (nSPS) is 17.4. The average molecular weight is 420 g/mol. The van der Waals surface area contributed by atoms with Gasteiger partial charge in [0.1, 0.15) is 5.75 Å². The predicted molar refractivity (Wildman–Crippen MR) is 105 cm³/mol. The molecule has 1 fully saturated rings. The SMILES string of the molecule is O=C(NC1CCN(c2cc3c(nn2)CCCC3)CC1)c1ccccc1OC(F)(F)F. The Kier molecular flexibility index (Phi) is 5.78. The van der Waals surface area contributed by atoms with E-state index in [1.165, 1.54) is 30.2 Å². The molecule has 6 nitrogen and oxygen atoms in total. The summed E-state index contributed by atoms with van der Waals surface area (Å²) in [4.78, 5) is 14.7. The lowest BCUT2D eigenvalue weighted by molar-refractivity contribution is -0.274. The second-order valence-electron chi connectivity index (χ2n) is 7.66. The molecular weight excluding hydrogens is 397 g/mol. The van der Waals surface area contributed by atoms with Crippen LogP contribution in [0.15, 0.2) is 30.3 Å². The van der Waals surface area contributed by atoms with Gasteiger partial charge in [-0.1, -0.05) is 12.1 Å². The van der Waals surface area contributed by atoms with Crippen LogP contribution >= 0.6 is 0 Å². The van der Waals surface area contributed by atoms with E-state index in [2.05, 4.69) is 31.2 Å². The maximum Gasteiger partial charge on any atom is 0.573 e. The summed E-state index contributed by atoms with van der Waals surface area (Å²) in [5.74, 6) is -0.213. The van der Waals surface area contributed by atoms with Gasteiger partial charge in [0.2, 0.25) is 0 Å². The molecule has 2 aromatic rings. The van der Waals surface area contributed by atoms with Gasteiger partial charge in [-0.05, 0) is 62.3 Å². The number of rotatable bonds is 4. The first kappa shape index (κ1) is 20.4. The number of carbonyl (C=O) groups is 1. The number of aryl methyl sites for hydroxylation is 2. The maximum atomic E-state index is 12.6. The van der Waals surface area contributed by atoms with E-state index >= 15 is 0 Å². The average Bonchev–Trinajstić information content (AvgIpc) is 2.73. The van der Waals surface area contributed by atoms with Crippen LogP contribution in [0, 0.1) is 0 Å². The van der Waals surface area contributed by atoms with Gasteiger partial charge in [0.15, 0.2) is 5.82 Å². The van der Waals surface area contributed by atoms with Crippen molar-refractivity contribution < 1.29 is 22.7 Å². The fraction of sp³-hybridized carbons (Fsp3) is 0.476. The molecule has 0 atom stereocenters. The maximum absolute atomic E-state index is 12.6. The van der Waals surface area contributed by atoms with Gasteiger partial charge in [-0.25, -0.2) is 0 Å².